The van der Waals surface area contributed by atoms with Crippen molar-refractivity contribution in [1.29, 1.82) is 0 Å². The number of carbonyl (C=O) groups is 2. The number of esters is 1. The van der Waals surface area contributed by atoms with Crippen LogP contribution >= 0.6 is 0 Å². The molecule has 8 nitrogen and oxygen atoms in total. The zero-order chi connectivity index (χ0) is 23.5. The maximum Gasteiger partial charge on any atom is 0.338 e. The largest absolute Gasteiger partial charge is 0.449 e. The van der Waals surface area contributed by atoms with E-state index in [9.17, 15) is 18.0 Å². The van der Waals surface area contributed by atoms with Crippen molar-refractivity contribution in [2.75, 3.05) is 26.2 Å². The summed E-state index contributed by atoms with van der Waals surface area (Å²) >= 11 is 0. The predicted octanol–water partition coefficient (Wildman–Crippen LogP) is 1.84. The van der Waals surface area contributed by atoms with Crippen LogP contribution in [0.5, 0.6) is 0 Å². The van der Waals surface area contributed by atoms with Crippen molar-refractivity contribution in [1.82, 2.24) is 9.80 Å². The van der Waals surface area contributed by atoms with Gasteiger partial charge < -0.3 is 9.64 Å². The number of amides is 1. The van der Waals surface area contributed by atoms with Crippen molar-refractivity contribution in [3.8, 4) is 0 Å². The van der Waals surface area contributed by atoms with Crippen molar-refractivity contribution in [3.05, 3.63) is 64.7 Å². The van der Waals surface area contributed by atoms with Crippen LogP contribution in [0.2, 0.25) is 0 Å². The molecule has 1 saturated heterocycles. The number of piperazine rings is 1. The van der Waals surface area contributed by atoms with Crippen molar-refractivity contribution in [2.24, 2.45) is 5.14 Å². The first kappa shape index (κ1) is 23.9. The van der Waals surface area contributed by atoms with E-state index in [1.165, 1.54) is 24.6 Å². The number of nitrogens with zero attached hydrogens (tertiary/aromatic N) is 2. The van der Waals surface area contributed by atoms with Gasteiger partial charge in [-0.25, -0.2) is 18.4 Å². The molecule has 9 heteroatoms. The first-order valence-electron chi connectivity index (χ1n) is 10.5. The number of ether oxygens (including phenoxy) is 1. The lowest BCUT2D eigenvalue weighted by molar-refractivity contribution is -0.141. The standard InChI is InChI=1S/C23H29N3O5S/c1-16-13-20(14-21(17(16)2)32(24,29)30)23(28)31-18(3)22(27)26-11-9-25(10-12-26)15-19-7-5-4-6-8-19/h4-8,13-14,18H,9-12,15H2,1-3H3,(H2,24,29,30). The molecule has 0 radical (unpaired) electrons. The Hall–Kier alpha value is -2.75. The minimum atomic E-state index is -3.99. The second-order valence-corrected chi connectivity index (χ2v) is 9.63. The molecule has 0 saturated carbocycles. The molecular weight excluding hydrogens is 430 g/mol. The zero-order valence-corrected chi connectivity index (χ0v) is 19.4. The van der Waals surface area contributed by atoms with Crippen molar-refractivity contribution >= 4 is 21.9 Å². The molecule has 2 aromatic rings. The van der Waals surface area contributed by atoms with Crippen molar-refractivity contribution < 1.29 is 22.7 Å². The van der Waals surface area contributed by atoms with Gasteiger partial charge in [0.1, 0.15) is 0 Å². The summed E-state index contributed by atoms with van der Waals surface area (Å²) in [5.41, 5.74) is 2.34. The van der Waals surface area contributed by atoms with Crippen LogP contribution in [0.25, 0.3) is 0 Å². The number of benzene rings is 2. The average Bonchev–Trinajstić information content (AvgIpc) is 2.75. The summed E-state index contributed by atoms with van der Waals surface area (Å²) in [5.74, 6) is -1.03. The first-order chi connectivity index (χ1) is 15.1. The van der Waals surface area contributed by atoms with Crippen LogP contribution in [-0.4, -0.2) is 62.4 Å². The summed E-state index contributed by atoms with van der Waals surface area (Å²) < 4.78 is 29.0. The molecule has 1 aliphatic heterocycles. The van der Waals surface area contributed by atoms with Gasteiger partial charge in [0.15, 0.2) is 6.10 Å². The first-order valence-corrected chi connectivity index (χ1v) is 12.0. The maximum absolute atomic E-state index is 12.8. The SMILES string of the molecule is Cc1cc(C(=O)OC(C)C(=O)N2CCN(Cc3ccccc3)CC2)cc(S(N)(=O)=O)c1C. The summed E-state index contributed by atoms with van der Waals surface area (Å²) in [7, 11) is -3.99. The van der Waals surface area contributed by atoms with Gasteiger partial charge >= 0.3 is 5.97 Å². The molecule has 0 bridgehead atoms. The molecular formula is C23H29N3O5S. The molecule has 1 atom stereocenters. The smallest absolute Gasteiger partial charge is 0.338 e. The molecule has 2 N–H and O–H groups in total. The Kier molecular flexibility index (Phi) is 7.33. The van der Waals surface area contributed by atoms with E-state index in [1.54, 1.807) is 18.7 Å². The maximum atomic E-state index is 12.8. The number of hydrogen-bond acceptors (Lipinski definition) is 6. The minimum Gasteiger partial charge on any atom is -0.449 e. The second-order valence-electron chi connectivity index (χ2n) is 8.10. The molecule has 172 valence electrons. The number of nitrogens with two attached hydrogens (primary N) is 1. The zero-order valence-electron chi connectivity index (χ0n) is 18.6. The highest BCUT2D eigenvalue weighted by Crippen LogP contribution is 2.21. The average molecular weight is 460 g/mol. The fourth-order valence-corrected chi connectivity index (χ4v) is 4.62. The number of aryl methyl sites for hydroxylation is 1. The molecule has 0 spiro atoms. The lowest BCUT2D eigenvalue weighted by Gasteiger charge is -2.35. The van der Waals surface area contributed by atoms with Crippen LogP contribution in [0.15, 0.2) is 47.4 Å². The Morgan fingerprint density at radius 2 is 1.69 bits per heavy atom. The van der Waals surface area contributed by atoms with E-state index >= 15 is 0 Å². The number of carbonyl (C=O) groups excluding carboxylic acids is 2. The van der Waals surface area contributed by atoms with E-state index in [0.29, 0.717) is 24.2 Å². The Labute approximate surface area is 189 Å². The molecule has 1 heterocycles. The Balaban J connectivity index is 1.59. The van der Waals surface area contributed by atoms with Crippen LogP contribution in [0.1, 0.15) is 34.0 Å². The lowest BCUT2D eigenvalue weighted by Crippen LogP contribution is -2.51. The van der Waals surface area contributed by atoms with Crippen LogP contribution in [0.3, 0.4) is 0 Å². The summed E-state index contributed by atoms with van der Waals surface area (Å²) in [6, 6.07) is 12.9. The predicted molar refractivity (Wildman–Crippen MR) is 120 cm³/mol. The topological polar surface area (TPSA) is 110 Å². The van der Waals surface area contributed by atoms with Crippen LogP contribution in [0, 0.1) is 13.8 Å². The third-order valence-electron chi connectivity index (χ3n) is 5.73. The summed E-state index contributed by atoms with van der Waals surface area (Å²) in [4.78, 5) is 29.2. The molecule has 3 rings (SSSR count). The lowest BCUT2D eigenvalue weighted by atomic mass is 10.1. The van der Waals surface area contributed by atoms with Crippen LogP contribution < -0.4 is 5.14 Å². The monoisotopic (exact) mass is 459 g/mol. The molecule has 1 fully saturated rings. The van der Waals surface area contributed by atoms with Gasteiger partial charge in [-0.2, -0.15) is 0 Å². The highest BCUT2D eigenvalue weighted by atomic mass is 32.2. The number of hydrogen-bond donors (Lipinski definition) is 1. The summed E-state index contributed by atoms with van der Waals surface area (Å²) in [6.45, 7) is 8.22. The molecule has 32 heavy (non-hydrogen) atoms. The Morgan fingerprint density at radius 1 is 1.06 bits per heavy atom. The number of sulfonamides is 1. The second kappa shape index (κ2) is 9.81. The quantitative estimate of drug-likeness (QED) is 0.660. The van der Waals surface area contributed by atoms with Crippen LogP contribution in [0.4, 0.5) is 0 Å². The van der Waals surface area contributed by atoms with Gasteiger partial charge in [0.2, 0.25) is 10.0 Å². The van der Waals surface area contributed by atoms with Crippen LogP contribution in [-0.2, 0) is 26.1 Å². The molecule has 1 aliphatic rings. The third kappa shape index (κ3) is 5.73. The van der Waals surface area contributed by atoms with E-state index in [1.807, 2.05) is 18.2 Å². The van der Waals surface area contributed by atoms with Gasteiger partial charge in [0, 0.05) is 32.7 Å². The van der Waals surface area contributed by atoms with Gasteiger partial charge in [-0.3, -0.25) is 9.69 Å². The summed E-state index contributed by atoms with van der Waals surface area (Å²) in [6.07, 6.45) is -0.984. The highest BCUT2D eigenvalue weighted by Gasteiger charge is 2.28. The molecule has 1 unspecified atom stereocenters. The van der Waals surface area contributed by atoms with Crippen molar-refractivity contribution in [2.45, 2.75) is 38.3 Å². The van der Waals surface area contributed by atoms with E-state index in [0.717, 1.165) is 19.6 Å². The van der Waals surface area contributed by atoms with E-state index in [2.05, 4.69) is 17.0 Å². The van der Waals surface area contributed by atoms with Gasteiger partial charge in [-0.05, 0) is 49.6 Å². The fraction of sp³-hybridized carbons (Fsp3) is 0.391. The normalized spacial score (nSPS) is 15.9. The van der Waals surface area contributed by atoms with E-state index in [-0.39, 0.29) is 16.4 Å². The summed E-state index contributed by atoms with van der Waals surface area (Å²) in [5, 5.41) is 5.26. The van der Waals surface area contributed by atoms with Crippen molar-refractivity contribution in [3.63, 3.8) is 0 Å². The Morgan fingerprint density at radius 3 is 2.28 bits per heavy atom. The fourth-order valence-electron chi connectivity index (χ4n) is 3.74. The van der Waals surface area contributed by atoms with Gasteiger partial charge in [0.05, 0.1) is 10.5 Å². The van der Waals surface area contributed by atoms with E-state index in [4.69, 9.17) is 9.88 Å². The third-order valence-corrected chi connectivity index (χ3v) is 6.76. The van der Waals surface area contributed by atoms with Gasteiger partial charge in [0.25, 0.3) is 5.91 Å². The van der Waals surface area contributed by atoms with Gasteiger partial charge in [-0.1, -0.05) is 30.3 Å². The minimum absolute atomic E-state index is 0.0458. The molecule has 0 aromatic heterocycles. The van der Waals surface area contributed by atoms with E-state index < -0.39 is 22.1 Å². The Bertz CT molecular complexity index is 1090. The molecule has 0 aliphatic carbocycles. The van der Waals surface area contributed by atoms with Gasteiger partial charge in [-0.15, -0.1) is 0 Å². The number of primary sulfonamides is 1. The molecule has 2 aromatic carbocycles. The highest BCUT2D eigenvalue weighted by molar-refractivity contribution is 7.89. The number of rotatable bonds is 6. The molecule has 1 amide bonds.